The highest BCUT2D eigenvalue weighted by Crippen LogP contribution is 2.19. The summed E-state index contributed by atoms with van der Waals surface area (Å²) in [4.78, 5) is 2.46. The van der Waals surface area contributed by atoms with Crippen LogP contribution >= 0.6 is 11.6 Å². The molecule has 1 aromatic rings. The minimum absolute atomic E-state index is 0.232. The highest BCUT2D eigenvalue weighted by atomic mass is 35.5. The van der Waals surface area contributed by atoms with E-state index >= 15 is 0 Å². The molecule has 19 heavy (non-hydrogen) atoms. The van der Waals surface area contributed by atoms with Gasteiger partial charge in [-0.15, -0.1) is 0 Å². The Morgan fingerprint density at radius 3 is 2.79 bits per heavy atom. The smallest absolute Gasteiger partial charge is 0.119 e. The number of ether oxygens (including phenoxy) is 1. The van der Waals surface area contributed by atoms with Crippen molar-refractivity contribution in [3.8, 4) is 5.75 Å². The van der Waals surface area contributed by atoms with E-state index in [9.17, 15) is 0 Å². The molecular weight excluding hydrogens is 260 g/mol. The van der Waals surface area contributed by atoms with Crippen molar-refractivity contribution in [2.24, 2.45) is 5.73 Å². The van der Waals surface area contributed by atoms with E-state index < -0.39 is 0 Å². The molecule has 4 heteroatoms. The lowest BCUT2D eigenvalue weighted by atomic mass is 9.97. The van der Waals surface area contributed by atoms with Crippen molar-refractivity contribution in [2.45, 2.75) is 38.3 Å². The zero-order valence-electron chi connectivity index (χ0n) is 11.5. The molecule has 1 saturated heterocycles. The van der Waals surface area contributed by atoms with Crippen molar-refractivity contribution in [1.29, 1.82) is 0 Å². The lowest BCUT2D eigenvalue weighted by Gasteiger charge is -2.37. The molecule has 0 saturated carbocycles. The number of benzene rings is 1. The van der Waals surface area contributed by atoms with Crippen LogP contribution in [0.2, 0.25) is 5.02 Å². The van der Waals surface area contributed by atoms with Crippen molar-refractivity contribution in [3.63, 3.8) is 0 Å². The second kappa shape index (κ2) is 7.13. The lowest BCUT2D eigenvalue weighted by Crippen LogP contribution is -2.50. The third kappa shape index (κ3) is 4.37. The van der Waals surface area contributed by atoms with Crippen molar-refractivity contribution in [1.82, 2.24) is 4.90 Å². The quantitative estimate of drug-likeness (QED) is 0.902. The van der Waals surface area contributed by atoms with Gasteiger partial charge < -0.3 is 10.5 Å². The number of hydrogen-bond acceptors (Lipinski definition) is 3. The molecule has 2 atom stereocenters. The van der Waals surface area contributed by atoms with E-state index in [1.165, 1.54) is 19.3 Å². The van der Waals surface area contributed by atoms with Gasteiger partial charge in [-0.1, -0.05) is 18.0 Å². The van der Waals surface area contributed by atoms with Gasteiger partial charge in [0.25, 0.3) is 0 Å². The Bertz CT molecular complexity index is 380. The molecule has 0 aromatic heterocycles. The number of hydrogen-bond donors (Lipinski definition) is 1. The topological polar surface area (TPSA) is 38.5 Å². The summed E-state index contributed by atoms with van der Waals surface area (Å²) in [6, 6.07) is 8.24. The molecule has 1 aliphatic rings. The van der Waals surface area contributed by atoms with Crippen molar-refractivity contribution in [3.05, 3.63) is 29.3 Å². The van der Waals surface area contributed by atoms with Gasteiger partial charge in [-0.25, -0.2) is 0 Å². The first-order valence-corrected chi connectivity index (χ1v) is 7.42. The Kier molecular flexibility index (Phi) is 5.49. The molecule has 106 valence electrons. The number of nitrogens with two attached hydrogens (primary N) is 1. The number of piperidine rings is 1. The van der Waals surface area contributed by atoms with Crippen LogP contribution in [-0.2, 0) is 0 Å². The molecule has 0 amide bonds. The Balaban J connectivity index is 1.79. The van der Waals surface area contributed by atoms with Crippen LogP contribution in [-0.4, -0.2) is 36.7 Å². The average Bonchev–Trinajstić information content (AvgIpc) is 2.41. The standard InChI is InChI=1S/C15H23ClN2O/c1-12(17)15-4-2-3-9-18(15)10-11-19-14-7-5-13(16)6-8-14/h5-8,12,15H,2-4,9-11,17H2,1H3. The zero-order valence-corrected chi connectivity index (χ0v) is 12.3. The van der Waals surface area contributed by atoms with Gasteiger partial charge in [-0.05, 0) is 50.6 Å². The van der Waals surface area contributed by atoms with Crippen LogP contribution in [0.15, 0.2) is 24.3 Å². The van der Waals surface area contributed by atoms with Crippen LogP contribution in [0.5, 0.6) is 5.75 Å². The normalized spacial score (nSPS) is 22.2. The summed E-state index contributed by atoms with van der Waals surface area (Å²) in [5.74, 6) is 0.874. The van der Waals surface area contributed by atoms with Crippen molar-refractivity contribution in [2.75, 3.05) is 19.7 Å². The molecule has 1 aliphatic heterocycles. The largest absolute Gasteiger partial charge is 0.492 e. The zero-order chi connectivity index (χ0) is 13.7. The first-order chi connectivity index (χ1) is 9.16. The van der Waals surface area contributed by atoms with Gasteiger partial charge in [0, 0.05) is 23.7 Å². The van der Waals surface area contributed by atoms with Crippen LogP contribution in [0.1, 0.15) is 26.2 Å². The van der Waals surface area contributed by atoms with E-state index in [1.807, 2.05) is 24.3 Å². The highest BCUT2D eigenvalue weighted by molar-refractivity contribution is 6.30. The summed E-state index contributed by atoms with van der Waals surface area (Å²) in [7, 11) is 0. The molecular formula is C15H23ClN2O. The third-order valence-corrected chi connectivity index (χ3v) is 3.98. The number of halogens is 1. The Hall–Kier alpha value is -0.770. The minimum Gasteiger partial charge on any atom is -0.492 e. The minimum atomic E-state index is 0.232. The van der Waals surface area contributed by atoms with E-state index in [4.69, 9.17) is 22.1 Å². The van der Waals surface area contributed by atoms with E-state index in [0.29, 0.717) is 12.6 Å². The molecule has 1 heterocycles. The van der Waals surface area contributed by atoms with Crippen LogP contribution < -0.4 is 10.5 Å². The van der Waals surface area contributed by atoms with Crippen LogP contribution in [0, 0.1) is 0 Å². The summed E-state index contributed by atoms with van der Waals surface area (Å²) in [5, 5.41) is 0.736. The predicted octanol–water partition coefficient (Wildman–Crippen LogP) is 2.92. The second-order valence-electron chi connectivity index (χ2n) is 5.26. The van der Waals surface area contributed by atoms with E-state index in [-0.39, 0.29) is 6.04 Å². The fraction of sp³-hybridized carbons (Fsp3) is 0.600. The molecule has 2 N–H and O–H groups in total. The number of likely N-dealkylation sites (tertiary alicyclic amines) is 1. The molecule has 2 rings (SSSR count). The summed E-state index contributed by atoms with van der Waals surface area (Å²) in [5.41, 5.74) is 6.06. The summed E-state index contributed by atoms with van der Waals surface area (Å²) in [6.07, 6.45) is 3.77. The van der Waals surface area contributed by atoms with E-state index in [1.54, 1.807) is 0 Å². The van der Waals surface area contributed by atoms with Gasteiger partial charge in [0.15, 0.2) is 0 Å². The van der Waals surface area contributed by atoms with Crippen LogP contribution in [0.4, 0.5) is 0 Å². The predicted molar refractivity (Wildman–Crippen MR) is 79.8 cm³/mol. The van der Waals surface area contributed by atoms with Gasteiger partial charge in [-0.2, -0.15) is 0 Å². The molecule has 0 radical (unpaired) electrons. The maximum Gasteiger partial charge on any atom is 0.119 e. The van der Waals surface area contributed by atoms with E-state index in [0.717, 1.165) is 23.9 Å². The maximum absolute atomic E-state index is 6.06. The first-order valence-electron chi connectivity index (χ1n) is 7.05. The molecule has 3 nitrogen and oxygen atoms in total. The molecule has 0 bridgehead atoms. The van der Waals surface area contributed by atoms with Crippen molar-refractivity contribution < 1.29 is 4.74 Å². The summed E-state index contributed by atoms with van der Waals surface area (Å²) >= 11 is 5.84. The number of nitrogens with zero attached hydrogens (tertiary/aromatic N) is 1. The molecule has 1 aromatic carbocycles. The molecule has 2 unspecified atom stereocenters. The third-order valence-electron chi connectivity index (χ3n) is 3.73. The fourth-order valence-electron chi connectivity index (χ4n) is 2.70. The van der Waals surface area contributed by atoms with Gasteiger partial charge in [0.1, 0.15) is 12.4 Å². The Labute approximate surface area is 120 Å². The first kappa shape index (κ1) is 14.6. The monoisotopic (exact) mass is 282 g/mol. The SMILES string of the molecule is CC(N)C1CCCCN1CCOc1ccc(Cl)cc1. The average molecular weight is 283 g/mol. The summed E-state index contributed by atoms with van der Waals surface area (Å²) < 4.78 is 5.75. The van der Waals surface area contributed by atoms with Gasteiger partial charge in [0.2, 0.25) is 0 Å². The summed E-state index contributed by atoms with van der Waals surface area (Å²) in [6.45, 7) is 4.87. The molecule has 0 aliphatic carbocycles. The van der Waals surface area contributed by atoms with Crippen molar-refractivity contribution >= 4 is 11.6 Å². The molecule has 0 spiro atoms. The van der Waals surface area contributed by atoms with Crippen LogP contribution in [0.3, 0.4) is 0 Å². The van der Waals surface area contributed by atoms with E-state index in [2.05, 4.69) is 11.8 Å². The molecule has 1 fully saturated rings. The van der Waals surface area contributed by atoms with Gasteiger partial charge >= 0.3 is 0 Å². The van der Waals surface area contributed by atoms with Gasteiger partial charge in [0.05, 0.1) is 0 Å². The van der Waals surface area contributed by atoms with Crippen LogP contribution in [0.25, 0.3) is 0 Å². The fourth-order valence-corrected chi connectivity index (χ4v) is 2.83. The number of rotatable bonds is 5. The lowest BCUT2D eigenvalue weighted by molar-refractivity contribution is 0.109. The Morgan fingerprint density at radius 1 is 1.37 bits per heavy atom. The second-order valence-corrected chi connectivity index (χ2v) is 5.70. The highest BCUT2D eigenvalue weighted by Gasteiger charge is 2.24. The Morgan fingerprint density at radius 2 is 2.11 bits per heavy atom. The maximum atomic E-state index is 6.06. The van der Waals surface area contributed by atoms with Gasteiger partial charge in [-0.3, -0.25) is 4.90 Å².